The van der Waals surface area contributed by atoms with Gasteiger partial charge in [-0.25, -0.2) is 0 Å². The molecule has 8 atom stereocenters. The molecule has 0 heterocycles. The summed E-state index contributed by atoms with van der Waals surface area (Å²) in [5.41, 5.74) is 0.928. The summed E-state index contributed by atoms with van der Waals surface area (Å²) in [6, 6.07) is 0. The van der Waals surface area contributed by atoms with Gasteiger partial charge in [-0.15, -0.1) is 0 Å². The molecule has 0 bridgehead atoms. The highest BCUT2D eigenvalue weighted by Gasteiger charge is 2.61. The Kier molecular flexibility index (Phi) is 4.79. The highest BCUT2D eigenvalue weighted by atomic mass is 16.5. The second-order valence-corrected chi connectivity index (χ2v) is 11.3. The van der Waals surface area contributed by atoms with Crippen molar-refractivity contribution in [2.75, 3.05) is 0 Å². The maximum absolute atomic E-state index is 10.2. The van der Waals surface area contributed by atoms with Gasteiger partial charge in [-0.2, -0.15) is 0 Å². The van der Waals surface area contributed by atoms with E-state index in [-0.39, 0.29) is 0 Å². The smallest absolute Gasteiger partial charge is 0.162 e. The van der Waals surface area contributed by atoms with Crippen molar-refractivity contribution < 1.29 is 10.2 Å². The Morgan fingerprint density at radius 2 is 1.62 bits per heavy atom. The predicted octanol–water partition coefficient (Wildman–Crippen LogP) is 5.76. The number of aliphatic hydroxyl groups is 2. The molecular weight excluding hydrogens is 320 g/mol. The van der Waals surface area contributed by atoms with Crippen molar-refractivity contribution >= 4 is 0 Å². The van der Waals surface area contributed by atoms with E-state index in [1.54, 1.807) is 0 Å². The summed E-state index contributed by atoms with van der Waals surface area (Å²) in [5.74, 6) is 3.61. The Hall–Kier alpha value is -0.0800. The van der Waals surface area contributed by atoms with Gasteiger partial charge in [-0.1, -0.05) is 40.5 Å². The largest absolute Gasteiger partial charge is 0.366 e. The summed E-state index contributed by atoms with van der Waals surface area (Å²) in [6.07, 6.45) is 13.2. The van der Waals surface area contributed by atoms with Gasteiger partial charge in [0.05, 0.1) is 0 Å². The fourth-order valence-corrected chi connectivity index (χ4v) is 8.86. The Bertz CT molecular complexity index is 528. The molecular formula is C24H42O2. The van der Waals surface area contributed by atoms with Crippen molar-refractivity contribution in [2.45, 2.75) is 104 Å². The monoisotopic (exact) mass is 362 g/mol. The number of rotatable bonds is 3. The summed E-state index contributed by atoms with van der Waals surface area (Å²) in [6.45, 7) is 10.0. The summed E-state index contributed by atoms with van der Waals surface area (Å²) in [5, 5.41) is 20.4. The zero-order valence-electron chi connectivity index (χ0n) is 17.6. The van der Waals surface area contributed by atoms with E-state index in [4.69, 9.17) is 0 Å². The molecule has 26 heavy (non-hydrogen) atoms. The fraction of sp³-hybridized carbons (Fsp3) is 1.00. The molecule has 0 aliphatic heterocycles. The molecule has 0 spiro atoms. The molecule has 2 nitrogen and oxygen atoms in total. The van der Waals surface area contributed by atoms with Gasteiger partial charge >= 0.3 is 0 Å². The van der Waals surface area contributed by atoms with Crippen LogP contribution in [-0.2, 0) is 0 Å². The van der Waals surface area contributed by atoms with Crippen molar-refractivity contribution in [3.63, 3.8) is 0 Å². The molecule has 0 aromatic rings. The van der Waals surface area contributed by atoms with Gasteiger partial charge in [0.2, 0.25) is 0 Å². The highest BCUT2D eigenvalue weighted by Crippen LogP contribution is 2.68. The van der Waals surface area contributed by atoms with Gasteiger partial charge in [0.25, 0.3) is 0 Å². The van der Waals surface area contributed by atoms with Gasteiger partial charge in [-0.3, -0.25) is 0 Å². The Labute approximate surface area is 161 Å². The molecule has 0 amide bonds. The van der Waals surface area contributed by atoms with Crippen LogP contribution in [0.15, 0.2) is 0 Å². The average molecular weight is 363 g/mol. The molecule has 0 radical (unpaired) electrons. The van der Waals surface area contributed by atoms with Crippen molar-refractivity contribution in [3.8, 4) is 0 Å². The van der Waals surface area contributed by atoms with Crippen LogP contribution in [0.2, 0.25) is 0 Å². The van der Waals surface area contributed by atoms with Crippen LogP contribution in [0.25, 0.3) is 0 Å². The minimum Gasteiger partial charge on any atom is -0.366 e. The standard InChI is InChI=1S/C24H42O2/c1-5-6-16(2)19-9-10-20-18-8-7-17-15-24(25,26)14-13-22(17,3)21(18)11-12-23(19,20)4/h16-21,25-26H,5-15H2,1-4H3/t16-,17-,18+,19-,20+,21+,22+,23-/m1/s1. The van der Waals surface area contributed by atoms with E-state index in [0.29, 0.717) is 29.6 Å². The topological polar surface area (TPSA) is 40.5 Å². The van der Waals surface area contributed by atoms with E-state index < -0.39 is 5.79 Å². The van der Waals surface area contributed by atoms with Crippen LogP contribution >= 0.6 is 0 Å². The number of hydrogen-bond donors (Lipinski definition) is 2. The highest BCUT2D eigenvalue weighted by molar-refractivity contribution is 5.10. The molecule has 4 saturated carbocycles. The van der Waals surface area contributed by atoms with E-state index in [1.165, 1.54) is 51.4 Å². The van der Waals surface area contributed by atoms with E-state index >= 15 is 0 Å². The maximum atomic E-state index is 10.2. The third-order valence-corrected chi connectivity index (χ3v) is 10.2. The van der Waals surface area contributed by atoms with E-state index in [2.05, 4.69) is 27.7 Å². The summed E-state index contributed by atoms with van der Waals surface area (Å²) >= 11 is 0. The van der Waals surface area contributed by atoms with Gasteiger partial charge in [-0.05, 0) is 91.3 Å². The second-order valence-electron chi connectivity index (χ2n) is 11.3. The van der Waals surface area contributed by atoms with Crippen LogP contribution in [-0.4, -0.2) is 16.0 Å². The summed E-state index contributed by atoms with van der Waals surface area (Å²) in [7, 11) is 0. The fourth-order valence-electron chi connectivity index (χ4n) is 8.86. The molecule has 0 aromatic carbocycles. The second kappa shape index (κ2) is 6.48. The zero-order valence-corrected chi connectivity index (χ0v) is 17.6. The van der Waals surface area contributed by atoms with Crippen LogP contribution in [0, 0.1) is 46.3 Å². The minimum atomic E-state index is -1.39. The lowest BCUT2D eigenvalue weighted by molar-refractivity contribution is -0.233. The first-order chi connectivity index (χ1) is 12.2. The van der Waals surface area contributed by atoms with Gasteiger partial charge in [0.15, 0.2) is 5.79 Å². The Balaban J connectivity index is 1.56. The van der Waals surface area contributed by atoms with Crippen LogP contribution in [0.3, 0.4) is 0 Å². The van der Waals surface area contributed by atoms with Gasteiger partial charge in [0.1, 0.15) is 0 Å². The molecule has 4 rings (SSSR count). The molecule has 4 fully saturated rings. The lowest BCUT2D eigenvalue weighted by Crippen LogP contribution is -2.56. The van der Waals surface area contributed by atoms with Crippen molar-refractivity contribution in [1.29, 1.82) is 0 Å². The molecule has 0 saturated heterocycles. The van der Waals surface area contributed by atoms with E-state index in [0.717, 1.165) is 36.0 Å². The summed E-state index contributed by atoms with van der Waals surface area (Å²) < 4.78 is 0. The predicted molar refractivity (Wildman–Crippen MR) is 106 cm³/mol. The maximum Gasteiger partial charge on any atom is 0.162 e. The lowest BCUT2D eigenvalue weighted by Gasteiger charge is -2.61. The summed E-state index contributed by atoms with van der Waals surface area (Å²) in [4.78, 5) is 0. The molecule has 4 aliphatic rings. The normalized spacial score (nSPS) is 51.2. The minimum absolute atomic E-state index is 0.353. The quantitative estimate of drug-likeness (QED) is 0.626. The zero-order chi connectivity index (χ0) is 18.7. The molecule has 2 heteroatoms. The van der Waals surface area contributed by atoms with Crippen LogP contribution in [0.1, 0.15) is 98.3 Å². The lowest BCUT2D eigenvalue weighted by atomic mass is 9.44. The van der Waals surface area contributed by atoms with Crippen molar-refractivity contribution in [1.82, 2.24) is 0 Å². The van der Waals surface area contributed by atoms with Crippen LogP contribution < -0.4 is 0 Å². The first kappa shape index (κ1) is 19.2. The van der Waals surface area contributed by atoms with Gasteiger partial charge < -0.3 is 10.2 Å². The van der Waals surface area contributed by atoms with E-state index in [9.17, 15) is 10.2 Å². The SMILES string of the molecule is CCC[C@@H](C)[C@H]1CC[C@H]2[C@@H]3CC[C@@H]4CC(O)(O)CC[C@]4(C)[C@H]3CC[C@]12C. The third-order valence-electron chi connectivity index (χ3n) is 10.2. The third kappa shape index (κ3) is 2.81. The first-order valence-corrected chi connectivity index (χ1v) is 11.7. The van der Waals surface area contributed by atoms with Crippen molar-refractivity contribution in [2.24, 2.45) is 46.3 Å². The van der Waals surface area contributed by atoms with Crippen LogP contribution in [0.5, 0.6) is 0 Å². The van der Waals surface area contributed by atoms with Crippen LogP contribution in [0.4, 0.5) is 0 Å². The molecule has 0 unspecified atom stereocenters. The first-order valence-electron chi connectivity index (χ1n) is 11.7. The van der Waals surface area contributed by atoms with Crippen molar-refractivity contribution in [3.05, 3.63) is 0 Å². The molecule has 2 N–H and O–H groups in total. The Morgan fingerprint density at radius 1 is 0.885 bits per heavy atom. The average Bonchev–Trinajstić information content (AvgIpc) is 2.93. The Morgan fingerprint density at radius 3 is 2.35 bits per heavy atom. The number of fused-ring (bicyclic) bond motifs is 5. The van der Waals surface area contributed by atoms with Gasteiger partial charge in [0, 0.05) is 12.8 Å². The molecule has 150 valence electrons. The number of hydrogen-bond acceptors (Lipinski definition) is 2. The molecule has 0 aromatic heterocycles. The van der Waals surface area contributed by atoms with E-state index in [1.807, 2.05) is 0 Å². The molecule has 4 aliphatic carbocycles.